The highest BCUT2D eigenvalue weighted by Gasteiger charge is 2.14. The number of aromatic nitrogens is 1. The maximum absolute atomic E-state index is 12.4. The maximum Gasteiger partial charge on any atom is 0.337 e. The van der Waals surface area contributed by atoms with Gasteiger partial charge < -0.3 is 19.9 Å². The third-order valence-corrected chi connectivity index (χ3v) is 6.14. The van der Waals surface area contributed by atoms with Crippen LogP contribution >= 0.6 is 0 Å². The zero-order valence-corrected chi connectivity index (χ0v) is 19.6. The number of amides is 1. The van der Waals surface area contributed by atoms with Gasteiger partial charge in [-0.1, -0.05) is 43.9 Å². The Balaban J connectivity index is 1.23. The van der Waals surface area contributed by atoms with E-state index in [9.17, 15) is 14.7 Å². The molecule has 0 saturated heterocycles. The number of carbonyl (C=O) groups is 2. The average Bonchev–Trinajstić information content (AvgIpc) is 3.38. The molecule has 4 rings (SSSR count). The number of hydrogen-bond donors (Lipinski definition) is 2. The van der Waals surface area contributed by atoms with Crippen LogP contribution in [0.15, 0.2) is 66.9 Å². The molecule has 1 aliphatic carbocycles. The zero-order valence-electron chi connectivity index (χ0n) is 19.6. The van der Waals surface area contributed by atoms with Crippen molar-refractivity contribution in [1.29, 1.82) is 0 Å². The van der Waals surface area contributed by atoms with Crippen molar-refractivity contribution in [2.24, 2.45) is 5.92 Å². The first-order valence-electron chi connectivity index (χ1n) is 12.0. The van der Waals surface area contributed by atoms with Crippen LogP contribution in [-0.4, -0.2) is 28.6 Å². The van der Waals surface area contributed by atoms with Crippen molar-refractivity contribution >= 4 is 17.6 Å². The summed E-state index contributed by atoms with van der Waals surface area (Å²) in [5, 5.41) is 11.9. The van der Waals surface area contributed by atoms with Crippen molar-refractivity contribution in [3.8, 4) is 17.4 Å². The summed E-state index contributed by atoms with van der Waals surface area (Å²) in [5.41, 5.74) is 0.992. The molecule has 2 aromatic carbocycles. The second-order valence-corrected chi connectivity index (χ2v) is 8.80. The Hall–Kier alpha value is -3.87. The van der Waals surface area contributed by atoms with Crippen LogP contribution in [0.2, 0.25) is 0 Å². The van der Waals surface area contributed by atoms with Gasteiger partial charge in [-0.2, -0.15) is 0 Å². The number of pyridine rings is 1. The van der Waals surface area contributed by atoms with Crippen molar-refractivity contribution < 1.29 is 24.2 Å². The van der Waals surface area contributed by atoms with Gasteiger partial charge in [-0.3, -0.25) is 4.79 Å². The van der Waals surface area contributed by atoms with Crippen molar-refractivity contribution in [2.75, 3.05) is 11.9 Å². The summed E-state index contributed by atoms with van der Waals surface area (Å²) < 4.78 is 11.6. The van der Waals surface area contributed by atoms with Crippen molar-refractivity contribution in [1.82, 2.24) is 4.98 Å². The number of aromatic carboxylic acids is 1. The van der Waals surface area contributed by atoms with E-state index < -0.39 is 5.97 Å². The molecule has 3 aromatic rings. The number of ether oxygens (including phenoxy) is 2. The second kappa shape index (κ2) is 12.0. The van der Waals surface area contributed by atoms with Crippen LogP contribution in [0.4, 0.5) is 5.69 Å². The molecule has 2 N–H and O–H groups in total. The van der Waals surface area contributed by atoms with Gasteiger partial charge in [-0.15, -0.1) is 0 Å². The number of nitrogens with one attached hydrogen (secondary N) is 1. The van der Waals surface area contributed by atoms with Gasteiger partial charge >= 0.3 is 5.97 Å². The van der Waals surface area contributed by atoms with Gasteiger partial charge in [0.05, 0.1) is 24.3 Å². The lowest BCUT2D eigenvalue weighted by atomic mass is 10.0. The van der Waals surface area contributed by atoms with E-state index in [2.05, 4.69) is 10.3 Å². The quantitative estimate of drug-likeness (QED) is 0.326. The number of nitrogens with zero attached hydrogens (tertiary/aromatic N) is 1. The molecule has 1 fully saturated rings. The maximum atomic E-state index is 12.4. The number of hydrogen-bond acceptors (Lipinski definition) is 5. The minimum absolute atomic E-state index is 0.0446. The molecule has 7 nitrogen and oxygen atoms in total. The molecule has 182 valence electrons. The largest absolute Gasteiger partial charge is 0.494 e. The molecule has 0 spiro atoms. The number of carboxylic acids is 1. The van der Waals surface area contributed by atoms with Crippen LogP contribution in [-0.2, 0) is 11.2 Å². The molecule has 1 heterocycles. The summed E-state index contributed by atoms with van der Waals surface area (Å²) in [7, 11) is 0. The normalized spacial score (nSPS) is 13.4. The van der Waals surface area contributed by atoms with Gasteiger partial charge in [0.1, 0.15) is 11.5 Å². The Labute approximate surface area is 205 Å². The van der Waals surface area contributed by atoms with Gasteiger partial charge in [0.15, 0.2) is 0 Å². The van der Waals surface area contributed by atoms with Gasteiger partial charge in [-0.05, 0) is 60.7 Å². The summed E-state index contributed by atoms with van der Waals surface area (Å²) >= 11 is 0. The van der Waals surface area contributed by atoms with E-state index in [0.717, 1.165) is 24.7 Å². The zero-order chi connectivity index (χ0) is 24.5. The molecule has 1 aliphatic rings. The molecule has 0 bridgehead atoms. The van der Waals surface area contributed by atoms with Crippen LogP contribution in [0, 0.1) is 5.92 Å². The predicted molar refractivity (Wildman–Crippen MR) is 133 cm³/mol. The first-order valence-corrected chi connectivity index (χ1v) is 12.0. The first-order chi connectivity index (χ1) is 17.1. The molecule has 1 saturated carbocycles. The van der Waals surface area contributed by atoms with Crippen LogP contribution in [0.25, 0.3) is 0 Å². The molecule has 0 unspecified atom stereocenters. The molecule has 1 amide bonds. The Morgan fingerprint density at radius 3 is 2.43 bits per heavy atom. The fourth-order valence-electron chi connectivity index (χ4n) is 4.32. The van der Waals surface area contributed by atoms with Crippen LogP contribution < -0.4 is 14.8 Å². The summed E-state index contributed by atoms with van der Waals surface area (Å²) in [6.45, 7) is 0.731. The number of para-hydroxylation sites is 1. The van der Waals surface area contributed by atoms with Gasteiger partial charge in [0, 0.05) is 12.3 Å². The lowest BCUT2D eigenvalue weighted by Crippen LogP contribution is -2.16. The highest BCUT2D eigenvalue weighted by molar-refractivity contribution is 6.00. The standard InChI is InChI=1S/C28H30N2O5/c31-26(30-25-10-4-3-9-24(25)28(32)33)18-21-11-16-27(29-19-21)35-23-14-12-22(13-15-23)34-17-5-8-20-6-1-2-7-20/h3-4,9-16,19-20H,1-2,5-8,17-18H2,(H,30,31)(H,32,33). The molecule has 0 radical (unpaired) electrons. The van der Waals surface area contributed by atoms with Gasteiger partial charge in [0.25, 0.3) is 0 Å². The van der Waals surface area contributed by atoms with Gasteiger partial charge in [0.2, 0.25) is 11.8 Å². The van der Waals surface area contributed by atoms with Crippen LogP contribution in [0.5, 0.6) is 17.4 Å². The number of anilines is 1. The van der Waals surface area contributed by atoms with Gasteiger partial charge in [-0.25, -0.2) is 9.78 Å². The molecule has 35 heavy (non-hydrogen) atoms. The minimum Gasteiger partial charge on any atom is -0.494 e. The topological polar surface area (TPSA) is 97.8 Å². The number of rotatable bonds is 11. The SMILES string of the molecule is O=C(Cc1ccc(Oc2ccc(OCCCC3CCCC3)cc2)nc1)Nc1ccccc1C(=O)O. The van der Waals surface area contributed by atoms with Crippen molar-refractivity contribution in [3.05, 3.63) is 78.0 Å². The number of carboxylic acid groups (broad SMARTS) is 1. The van der Waals surface area contributed by atoms with E-state index in [0.29, 0.717) is 17.2 Å². The smallest absolute Gasteiger partial charge is 0.337 e. The van der Waals surface area contributed by atoms with Crippen molar-refractivity contribution in [3.63, 3.8) is 0 Å². The van der Waals surface area contributed by atoms with Crippen molar-refractivity contribution in [2.45, 2.75) is 44.9 Å². The van der Waals surface area contributed by atoms with E-state index in [4.69, 9.17) is 9.47 Å². The molecular weight excluding hydrogens is 444 g/mol. The lowest BCUT2D eigenvalue weighted by molar-refractivity contribution is -0.115. The predicted octanol–water partition coefficient (Wildman–Crippen LogP) is 6.10. The van der Waals surface area contributed by atoms with E-state index in [1.165, 1.54) is 38.2 Å². The monoisotopic (exact) mass is 474 g/mol. The van der Waals surface area contributed by atoms with E-state index in [1.807, 2.05) is 24.3 Å². The van der Waals surface area contributed by atoms with Crippen LogP contribution in [0.1, 0.15) is 54.4 Å². The second-order valence-electron chi connectivity index (χ2n) is 8.80. The number of carbonyl (C=O) groups excluding carboxylic acids is 1. The van der Waals surface area contributed by atoms with E-state index in [-0.39, 0.29) is 23.6 Å². The van der Waals surface area contributed by atoms with E-state index >= 15 is 0 Å². The molecule has 7 heteroatoms. The third kappa shape index (κ3) is 7.30. The summed E-state index contributed by atoms with van der Waals surface area (Å²) in [5.74, 6) is 1.34. The summed E-state index contributed by atoms with van der Waals surface area (Å²) in [4.78, 5) is 27.9. The fourth-order valence-corrected chi connectivity index (χ4v) is 4.32. The highest BCUT2D eigenvalue weighted by atomic mass is 16.5. The Morgan fingerprint density at radius 1 is 0.971 bits per heavy atom. The van der Waals surface area contributed by atoms with E-state index in [1.54, 1.807) is 36.5 Å². The first kappa shape index (κ1) is 24.3. The molecule has 0 atom stereocenters. The number of benzene rings is 2. The Kier molecular flexibility index (Phi) is 8.33. The molecular formula is C28H30N2O5. The Morgan fingerprint density at radius 2 is 1.71 bits per heavy atom. The average molecular weight is 475 g/mol. The molecule has 1 aromatic heterocycles. The highest BCUT2D eigenvalue weighted by Crippen LogP contribution is 2.29. The molecule has 0 aliphatic heterocycles. The Bertz CT molecular complexity index is 1120. The fraction of sp³-hybridized carbons (Fsp3) is 0.321. The summed E-state index contributed by atoms with van der Waals surface area (Å²) in [6.07, 6.45) is 9.47. The lowest BCUT2D eigenvalue weighted by Gasteiger charge is -2.11. The van der Waals surface area contributed by atoms with Crippen LogP contribution in [0.3, 0.4) is 0 Å². The summed E-state index contributed by atoms with van der Waals surface area (Å²) in [6, 6.07) is 17.2. The third-order valence-electron chi connectivity index (χ3n) is 6.14. The minimum atomic E-state index is -1.09.